The second-order valence-corrected chi connectivity index (χ2v) is 9.44. The number of benzene rings is 3. The van der Waals surface area contributed by atoms with Crippen molar-refractivity contribution in [1.29, 1.82) is 0 Å². The number of nitrogens with one attached hydrogen (secondary N) is 3. The van der Waals surface area contributed by atoms with Crippen molar-refractivity contribution in [2.75, 3.05) is 31.5 Å². The second-order valence-electron chi connectivity index (χ2n) is 8.52. The zero-order valence-electron chi connectivity index (χ0n) is 21.1. The number of carbonyl (C=O) groups excluding carboxylic acids is 3. The molecular weight excluding hydrogens is 552 g/mol. The fourth-order valence-electron chi connectivity index (χ4n) is 3.89. The van der Waals surface area contributed by atoms with Crippen LogP contribution in [0.5, 0.6) is 11.5 Å². The van der Waals surface area contributed by atoms with E-state index in [1.807, 2.05) is 37.3 Å². The van der Waals surface area contributed by atoms with Crippen LogP contribution in [0, 0.1) is 6.92 Å². The monoisotopic (exact) mass is 578 g/mol. The van der Waals surface area contributed by atoms with Crippen molar-refractivity contribution in [2.45, 2.75) is 13.3 Å². The van der Waals surface area contributed by atoms with Crippen LogP contribution in [0.1, 0.15) is 21.6 Å². The third kappa shape index (κ3) is 6.15. The largest absolute Gasteiger partial charge is 0.493 e. The molecule has 1 aromatic heterocycles. The van der Waals surface area contributed by atoms with Crippen molar-refractivity contribution in [3.05, 3.63) is 88.0 Å². The third-order valence-corrected chi connectivity index (χ3v) is 6.37. The molecule has 0 spiro atoms. The van der Waals surface area contributed by atoms with Crippen LogP contribution in [0.25, 0.3) is 10.9 Å². The van der Waals surface area contributed by atoms with E-state index in [1.54, 1.807) is 50.6 Å². The summed E-state index contributed by atoms with van der Waals surface area (Å²) in [6.45, 7) is 2.18. The summed E-state index contributed by atoms with van der Waals surface area (Å²) < 4.78 is 12.7. The Morgan fingerprint density at radius 2 is 1.61 bits per heavy atom. The first-order chi connectivity index (χ1) is 18.3. The van der Waals surface area contributed by atoms with Gasteiger partial charge in [-0.25, -0.2) is 4.68 Å². The van der Waals surface area contributed by atoms with Gasteiger partial charge in [0.05, 0.1) is 19.7 Å². The van der Waals surface area contributed by atoms with Gasteiger partial charge in [0, 0.05) is 22.1 Å². The molecule has 4 rings (SSSR count). The van der Waals surface area contributed by atoms with E-state index in [1.165, 1.54) is 4.68 Å². The summed E-state index contributed by atoms with van der Waals surface area (Å²) in [5.74, 6) is -0.976. The van der Waals surface area contributed by atoms with Gasteiger partial charge < -0.3 is 20.1 Å². The summed E-state index contributed by atoms with van der Waals surface area (Å²) in [5, 5.41) is 6.16. The predicted molar refractivity (Wildman–Crippen MR) is 149 cm³/mol. The zero-order chi connectivity index (χ0) is 27.2. The number of methoxy groups -OCH3 is 2. The fourth-order valence-corrected chi connectivity index (χ4v) is 4.27. The summed E-state index contributed by atoms with van der Waals surface area (Å²) in [6.07, 6.45) is 0.476. The number of nitrogens with zero attached hydrogens (tertiary/aromatic N) is 1. The van der Waals surface area contributed by atoms with E-state index in [2.05, 4.69) is 32.0 Å². The number of ether oxygens (including phenoxy) is 2. The SMILES string of the molecule is COc1ccc(CCNC(=O)C(=O)Nn2c(C(=O)Nc3ccc(C)cc3)cc3cc(Br)ccc32)cc1OC. The number of carbonyl (C=O) groups is 3. The minimum absolute atomic E-state index is 0.171. The number of anilines is 1. The molecule has 0 aliphatic heterocycles. The van der Waals surface area contributed by atoms with Crippen molar-refractivity contribution in [1.82, 2.24) is 9.99 Å². The van der Waals surface area contributed by atoms with E-state index >= 15 is 0 Å². The summed E-state index contributed by atoms with van der Waals surface area (Å²) in [7, 11) is 3.10. The number of hydrogen-bond donors (Lipinski definition) is 3. The van der Waals surface area contributed by atoms with Gasteiger partial charge in [-0.1, -0.05) is 39.7 Å². The molecule has 0 fully saturated rings. The lowest BCUT2D eigenvalue weighted by Gasteiger charge is -2.13. The number of amides is 3. The lowest BCUT2D eigenvalue weighted by Crippen LogP contribution is -2.40. The standard InChI is InChI=1S/C28H27BrN4O5/c1-17-4-8-21(9-5-17)31-26(34)23-16-19-15-20(29)7-10-22(19)33(23)32-28(36)27(35)30-13-12-18-6-11-24(37-2)25(14-18)38-3/h4-11,14-16H,12-13H2,1-3H3,(H,30,35)(H,31,34)(H,32,36). The molecule has 0 saturated heterocycles. The Morgan fingerprint density at radius 1 is 0.868 bits per heavy atom. The number of aryl methyl sites for hydroxylation is 1. The van der Waals surface area contributed by atoms with Crippen molar-refractivity contribution >= 4 is 50.2 Å². The molecule has 0 radical (unpaired) electrons. The van der Waals surface area contributed by atoms with Crippen LogP contribution in [0.4, 0.5) is 5.69 Å². The highest BCUT2D eigenvalue weighted by atomic mass is 79.9. The lowest BCUT2D eigenvalue weighted by atomic mass is 10.1. The highest BCUT2D eigenvalue weighted by molar-refractivity contribution is 9.10. The zero-order valence-corrected chi connectivity index (χ0v) is 22.7. The van der Waals surface area contributed by atoms with Gasteiger partial charge in [0.2, 0.25) is 0 Å². The summed E-state index contributed by atoms with van der Waals surface area (Å²) >= 11 is 3.43. The van der Waals surface area contributed by atoms with Gasteiger partial charge in [-0.3, -0.25) is 19.8 Å². The molecule has 10 heteroatoms. The Balaban J connectivity index is 1.47. The maximum Gasteiger partial charge on any atom is 0.328 e. The second kappa shape index (κ2) is 11.8. The van der Waals surface area contributed by atoms with Crippen LogP contribution in [0.15, 0.2) is 71.2 Å². The van der Waals surface area contributed by atoms with Crippen LogP contribution in [-0.2, 0) is 16.0 Å². The van der Waals surface area contributed by atoms with Gasteiger partial charge in [0.25, 0.3) is 5.91 Å². The molecule has 0 aliphatic carbocycles. The Hall–Kier alpha value is -4.31. The van der Waals surface area contributed by atoms with E-state index in [9.17, 15) is 14.4 Å². The molecule has 0 unspecified atom stereocenters. The molecule has 196 valence electrons. The minimum atomic E-state index is -0.901. The topological polar surface area (TPSA) is 111 Å². The molecule has 9 nitrogen and oxygen atoms in total. The maximum absolute atomic E-state index is 13.1. The van der Waals surface area contributed by atoms with Gasteiger partial charge in [0.1, 0.15) is 5.69 Å². The quantitative estimate of drug-likeness (QED) is 0.268. The first kappa shape index (κ1) is 26.7. The van der Waals surface area contributed by atoms with E-state index < -0.39 is 17.7 Å². The summed E-state index contributed by atoms with van der Waals surface area (Å²) in [4.78, 5) is 38.5. The maximum atomic E-state index is 13.1. The summed E-state index contributed by atoms with van der Waals surface area (Å²) in [6, 6.07) is 19.8. The molecule has 0 saturated carbocycles. The average molecular weight is 579 g/mol. The molecule has 4 aromatic rings. The normalized spacial score (nSPS) is 10.6. The number of aromatic nitrogens is 1. The number of fused-ring (bicyclic) bond motifs is 1. The molecule has 0 atom stereocenters. The van der Waals surface area contributed by atoms with Crippen molar-refractivity contribution in [3.63, 3.8) is 0 Å². The number of hydrogen-bond acceptors (Lipinski definition) is 5. The first-order valence-electron chi connectivity index (χ1n) is 11.8. The highest BCUT2D eigenvalue weighted by Crippen LogP contribution is 2.27. The molecule has 38 heavy (non-hydrogen) atoms. The first-order valence-corrected chi connectivity index (χ1v) is 12.6. The molecule has 3 aromatic carbocycles. The van der Waals surface area contributed by atoms with Crippen molar-refractivity contribution in [2.24, 2.45) is 0 Å². The third-order valence-electron chi connectivity index (χ3n) is 5.87. The average Bonchev–Trinajstić information content (AvgIpc) is 3.26. The smallest absolute Gasteiger partial charge is 0.328 e. The molecule has 1 heterocycles. The minimum Gasteiger partial charge on any atom is -0.493 e. The molecule has 3 amide bonds. The molecular formula is C28H27BrN4O5. The fraction of sp³-hybridized carbons (Fsp3) is 0.179. The number of halogens is 1. The van der Waals surface area contributed by atoms with E-state index in [4.69, 9.17) is 9.47 Å². The molecule has 0 bridgehead atoms. The summed E-state index contributed by atoms with van der Waals surface area (Å²) in [5.41, 5.74) is 5.87. The van der Waals surface area contributed by atoms with E-state index in [0.717, 1.165) is 15.6 Å². The van der Waals surface area contributed by atoms with Gasteiger partial charge in [-0.05, 0) is 67.4 Å². The molecule has 0 aliphatic rings. The van der Waals surface area contributed by atoms with E-state index in [-0.39, 0.29) is 12.2 Å². The van der Waals surface area contributed by atoms with Crippen LogP contribution >= 0.6 is 15.9 Å². The van der Waals surface area contributed by atoms with Gasteiger partial charge >= 0.3 is 11.8 Å². The predicted octanol–water partition coefficient (Wildman–Crippen LogP) is 4.41. The van der Waals surface area contributed by atoms with Crippen LogP contribution < -0.4 is 25.5 Å². The van der Waals surface area contributed by atoms with Crippen LogP contribution in [-0.4, -0.2) is 43.2 Å². The van der Waals surface area contributed by atoms with Gasteiger partial charge in [-0.2, -0.15) is 0 Å². The Bertz CT molecular complexity index is 1500. The van der Waals surface area contributed by atoms with Gasteiger partial charge in [-0.15, -0.1) is 0 Å². The number of rotatable bonds is 8. The highest BCUT2D eigenvalue weighted by Gasteiger charge is 2.21. The van der Waals surface area contributed by atoms with Crippen LogP contribution in [0.2, 0.25) is 0 Å². The van der Waals surface area contributed by atoms with Crippen molar-refractivity contribution < 1.29 is 23.9 Å². The van der Waals surface area contributed by atoms with Crippen LogP contribution in [0.3, 0.4) is 0 Å². The Labute approximate surface area is 228 Å². The van der Waals surface area contributed by atoms with E-state index in [0.29, 0.717) is 34.5 Å². The van der Waals surface area contributed by atoms with Crippen molar-refractivity contribution in [3.8, 4) is 11.5 Å². The Kier molecular flexibility index (Phi) is 8.32. The lowest BCUT2D eigenvalue weighted by molar-refractivity contribution is -0.136. The Morgan fingerprint density at radius 3 is 2.32 bits per heavy atom. The molecule has 3 N–H and O–H groups in total. The van der Waals surface area contributed by atoms with Gasteiger partial charge in [0.15, 0.2) is 11.5 Å².